The van der Waals surface area contributed by atoms with E-state index in [1.807, 2.05) is 0 Å². The molecule has 0 N–H and O–H groups in total. The van der Waals surface area contributed by atoms with Gasteiger partial charge in [0.2, 0.25) is 0 Å². The number of ether oxygens (including phenoxy) is 3. The van der Waals surface area contributed by atoms with Crippen LogP contribution in [0.25, 0.3) is 0 Å². The molecule has 432 valence electrons. The minimum atomic E-state index is -0.774. The molecule has 0 aliphatic rings. The van der Waals surface area contributed by atoms with Crippen molar-refractivity contribution in [3.63, 3.8) is 0 Å². The van der Waals surface area contributed by atoms with Crippen LogP contribution in [-0.4, -0.2) is 37.2 Å². The molecular weight excluding hydrogens is 913 g/mol. The van der Waals surface area contributed by atoms with Crippen LogP contribution in [0.2, 0.25) is 0 Å². The molecule has 0 saturated heterocycles. The Morgan fingerprint density at radius 3 is 0.770 bits per heavy atom. The van der Waals surface area contributed by atoms with E-state index >= 15 is 0 Å². The van der Waals surface area contributed by atoms with E-state index in [9.17, 15) is 14.4 Å². The molecule has 1 atom stereocenters. The number of unbranched alkanes of at least 4 members (excludes halogenated alkanes) is 41. The van der Waals surface area contributed by atoms with Crippen molar-refractivity contribution in [2.45, 2.75) is 354 Å². The van der Waals surface area contributed by atoms with E-state index in [1.165, 1.54) is 218 Å². The van der Waals surface area contributed by atoms with E-state index in [1.54, 1.807) is 0 Å². The second-order valence-corrected chi connectivity index (χ2v) is 22.0. The molecule has 0 rings (SSSR count). The van der Waals surface area contributed by atoms with Gasteiger partial charge in [0.15, 0.2) is 6.10 Å². The van der Waals surface area contributed by atoms with Gasteiger partial charge in [-0.15, -0.1) is 0 Å². The summed E-state index contributed by atoms with van der Waals surface area (Å²) < 4.78 is 16.8. The predicted molar refractivity (Wildman–Crippen MR) is 321 cm³/mol. The Bertz CT molecular complexity index is 1280. The summed E-state index contributed by atoms with van der Waals surface area (Å²) in [5.74, 6) is -0.883. The molecule has 0 saturated carbocycles. The third-order valence-corrected chi connectivity index (χ3v) is 14.6. The molecule has 0 aromatic heterocycles. The SMILES string of the molecule is CCCCC/C=C\C/C=C\CCCCCCCC(=O)OC(COC(=O)CCCCCCCC)COC(=O)CCCCCCCCCCCCCCCCCCCCCCCCC/C=C\C/C=C\CCCCCCC. The largest absolute Gasteiger partial charge is 0.462 e. The maximum atomic E-state index is 12.8. The number of carbonyl (C=O) groups excluding carboxylic acids is 3. The van der Waals surface area contributed by atoms with Gasteiger partial charge in [0.05, 0.1) is 0 Å². The summed E-state index contributed by atoms with van der Waals surface area (Å²) in [4.78, 5) is 37.9. The second kappa shape index (κ2) is 62.9. The number of carbonyl (C=O) groups is 3. The van der Waals surface area contributed by atoms with Crippen LogP contribution in [0.15, 0.2) is 48.6 Å². The van der Waals surface area contributed by atoms with Gasteiger partial charge < -0.3 is 14.2 Å². The van der Waals surface area contributed by atoms with Crippen molar-refractivity contribution in [1.82, 2.24) is 0 Å². The third kappa shape index (κ3) is 60.2. The normalized spacial score (nSPS) is 12.3. The highest BCUT2D eigenvalue weighted by molar-refractivity contribution is 5.71. The number of allylic oxidation sites excluding steroid dienone is 8. The van der Waals surface area contributed by atoms with Crippen LogP contribution < -0.4 is 0 Å². The maximum Gasteiger partial charge on any atom is 0.306 e. The summed E-state index contributed by atoms with van der Waals surface area (Å²) in [6.45, 7) is 6.57. The van der Waals surface area contributed by atoms with Crippen molar-refractivity contribution in [2.24, 2.45) is 0 Å². The maximum absolute atomic E-state index is 12.8. The lowest BCUT2D eigenvalue weighted by atomic mass is 10.0. The van der Waals surface area contributed by atoms with Crippen molar-refractivity contribution in [3.8, 4) is 0 Å². The van der Waals surface area contributed by atoms with Crippen LogP contribution in [0.4, 0.5) is 0 Å². The van der Waals surface area contributed by atoms with E-state index in [4.69, 9.17) is 14.2 Å². The fraction of sp³-hybridized carbons (Fsp3) is 0.838. The van der Waals surface area contributed by atoms with Gasteiger partial charge in [0, 0.05) is 19.3 Å². The fourth-order valence-corrected chi connectivity index (χ4v) is 9.62. The highest BCUT2D eigenvalue weighted by atomic mass is 16.6. The molecule has 0 fully saturated rings. The Morgan fingerprint density at radius 2 is 0.486 bits per heavy atom. The predicted octanol–water partition coefficient (Wildman–Crippen LogP) is 22.2. The monoisotopic (exact) mass is 1040 g/mol. The van der Waals surface area contributed by atoms with Crippen LogP contribution in [0.1, 0.15) is 348 Å². The summed E-state index contributed by atoms with van der Waals surface area (Å²) in [7, 11) is 0. The van der Waals surface area contributed by atoms with E-state index in [2.05, 4.69) is 69.4 Å². The Hall–Kier alpha value is -2.63. The van der Waals surface area contributed by atoms with E-state index in [0.29, 0.717) is 19.3 Å². The first-order chi connectivity index (χ1) is 36.5. The number of esters is 3. The van der Waals surface area contributed by atoms with Gasteiger partial charge >= 0.3 is 17.9 Å². The van der Waals surface area contributed by atoms with Gasteiger partial charge in [-0.05, 0) is 83.5 Å². The quantitative estimate of drug-likeness (QED) is 0.0261. The van der Waals surface area contributed by atoms with Crippen LogP contribution in [0.5, 0.6) is 0 Å². The number of hydrogen-bond acceptors (Lipinski definition) is 6. The summed E-state index contributed by atoms with van der Waals surface area (Å²) >= 11 is 0. The van der Waals surface area contributed by atoms with Crippen LogP contribution >= 0.6 is 0 Å². The molecule has 6 nitrogen and oxygen atoms in total. The summed E-state index contributed by atoms with van der Waals surface area (Å²) in [5, 5.41) is 0. The Morgan fingerprint density at radius 1 is 0.270 bits per heavy atom. The highest BCUT2D eigenvalue weighted by Crippen LogP contribution is 2.17. The minimum Gasteiger partial charge on any atom is -0.462 e. The van der Waals surface area contributed by atoms with Crippen LogP contribution in [0.3, 0.4) is 0 Å². The van der Waals surface area contributed by atoms with Crippen molar-refractivity contribution in [3.05, 3.63) is 48.6 Å². The molecule has 0 amide bonds. The van der Waals surface area contributed by atoms with Crippen molar-refractivity contribution in [1.29, 1.82) is 0 Å². The zero-order chi connectivity index (χ0) is 53.6. The zero-order valence-electron chi connectivity index (χ0n) is 49.6. The molecule has 0 aliphatic heterocycles. The standard InChI is InChI=1S/C68H124O6/c1-4-7-10-13-16-18-20-22-24-25-26-27-28-29-30-31-32-33-34-35-36-37-38-39-40-41-42-43-45-46-48-50-52-55-58-61-67(70)73-64-65(63-72-66(69)60-57-54-15-12-9-6-3)74-68(71)62-59-56-53-51-49-47-44-23-21-19-17-14-11-8-5-2/h17,19-20,22-23,25-26,44,65H,4-16,18,21,24,27-43,45-64H2,1-3H3/b19-17-,22-20-,26-25-,44-23-. The van der Waals surface area contributed by atoms with E-state index in [0.717, 1.165) is 89.9 Å². The Kier molecular flexibility index (Phi) is 60.7. The lowest BCUT2D eigenvalue weighted by Gasteiger charge is -2.18. The third-order valence-electron chi connectivity index (χ3n) is 14.6. The highest BCUT2D eigenvalue weighted by Gasteiger charge is 2.19. The molecule has 0 heterocycles. The van der Waals surface area contributed by atoms with Crippen molar-refractivity contribution in [2.75, 3.05) is 13.2 Å². The van der Waals surface area contributed by atoms with E-state index in [-0.39, 0.29) is 31.1 Å². The second-order valence-electron chi connectivity index (χ2n) is 22.0. The summed E-state index contributed by atoms with van der Waals surface area (Å²) in [5.41, 5.74) is 0. The molecule has 74 heavy (non-hydrogen) atoms. The first kappa shape index (κ1) is 71.4. The smallest absolute Gasteiger partial charge is 0.306 e. The minimum absolute atomic E-state index is 0.0748. The summed E-state index contributed by atoms with van der Waals surface area (Å²) in [6.07, 6.45) is 79.0. The van der Waals surface area contributed by atoms with Gasteiger partial charge in [0.25, 0.3) is 0 Å². The molecule has 0 aromatic carbocycles. The average Bonchev–Trinajstić information content (AvgIpc) is 3.40. The van der Waals surface area contributed by atoms with E-state index < -0.39 is 6.10 Å². The molecule has 6 heteroatoms. The molecule has 0 aromatic rings. The molecule has 0 aliphatic carbocycles. The molecule has 0 radical (unpaired) electrons. The first-order valence-electron chi connectivity index (χ1n) is 32.6. The molecular formula is C68H124O6. The van der Waals surface area contributed by atoms with Gasteiger partial charge in [-0.25, -0.2) is 0 Å². The lowest BCUT2D eigenvalue weighted by molar-refractivity contribution is -0.167. The summed E-state index contributed by atoms with van der Waals surface area (Å²) in [6, 6.07) is 0. The Balaban J connectivity index is 3.89. The zero-order valence-corrected chi connectivity index (χ0v) is 49.6. The van der Waals surface area contributed by atoms with Gasteiger partial charge in [-0.1, -0.05) is 294 Å². The van der Waals surface area contributed by atoms with Crippen molar-refractivity contribution < 1.29 is 28.6 Å². The molecule has 0 bridgehead atoms. The fourth-order valence-electron chi connectivity index (χ4n) is 9.62. The van der Waals surface area contributed by atoms with Gasteiger partial charge in [-0.3, -0.25) is 14.4 Å². The average molecular weight is 1040 g/mol. The van der Waals surface area contributed by atoms with Crippen molar-refractivity contribution >= 4 is 17.9 Å². The van der Waals surface area contributed by atoms with Crippen LogP contribution in [-0.2, 0) is 28.6 Å². The van der Waals surface area contributed by atoms with Gasteiger partial charge in [-0.2, -0.15) is 0 Å². The molecule has 1 unspecified atom stereocenters. The molecule has 0 spiro atoms. The van der Waals surface area contributed by atoms with Gasteiger partial charge in [0.1, 0.15) is 13.2 Å². The lowest BCUT2D eigenvalue weighted by Crippen LogP contribution is -2.30. The number of rotatable bonds is 60. The van der Waals surface area contributed by atoms with Crippen LogP contribution in [0, 0.1) is 0 Å². The Labute approximate surface area is 460 Å². The first-order valence-corrected chi connectivity index (χ1v) is 32.6. The number of hydrogen-bond donors (Lipinski definition) is 0. The topological polar surface area (TPSA) is 78.9 Å².